The Bertz CT molecular complexity index is 317. The predicted molar refractivity (Wildman–Crippen MR) is 75.8 cm³/mol. The summed E-state index contributed by atoms with van der Waals surface area (Å²) >= 11 is 0. The fraction of sp³-hybridized carbons (Fsp3) is 0.857. The molecule has 19 heavy (non-hydrogen) atoms. The van der Waals surface area contributed by atoms with Crippen LogP contribution >= 0.6 is 0 Å². The van der Waals surface area contributed by atoms with Crippen LogP contribution in [-0.2, 0) is 9.59 Å². The van der Waals surface area contributed by atoms with Crippen LogP contribution in [0.5, 0.6) is 0 Å². The first-order valence-corrected chi connectivity index (χ1v) is 7.13. The van der Waals surface area contributed by atoms with Crippen molar-refractivity contribution in [1.29, 1.82) is 0 Å². The van der Waals surface area contributed by atoms with Crippen LogP contribution in [0.15, 0.2) is 0 Å². The molecule has 0 aromatic rings. The lowest BCUT2D eigenvalue weighted by atomic mass is 10.1. The van der Waals surface area contributed by atoms with Crippen molar-refractivity contribution in [3.8, 4) is 0 Å². The van der Waals surface area contributed by atoms with Crippen LogP contribution in [0.4, 0.5) is 0 Å². The summed E-state index contributed by atoms with van der Waals surface area (Å²) in [5, 5.41) is 6.03. The van der Waals surface area contributed by atoms with Gasteiger partial charge in [-0.05, 0) is 40.5 Å². The van der Waals surface area contributed by atoms with Gasteiger partial charge >= 0.3 is 0 Å². The zero-order valence-corrected chi connectivity index (χ0v) is 12.6. The first-order valence-electron chi connectivity index (χ1n) is 7.13. The number of amides is 2. The van der Waals surface area contributed by atoms with Crippen molar-refractivity contribution in [2.24, 2.45) is 0 Å². The highest BCUT2D eigenvalue weighted by Gasteiger charge is 2.24. The minimum Gasteiger partial charge on any atom is -0.345 e. The number of hydrogen-bond donors (Lipinski definition) is 2. The second-order valence-electron chi connectivity index (χ2n) is 6.25. The first kappa shape index (κ1) is 16.0. The standard InChI is InChI=1S/C14H27N3O2/c1-11(13(19)17-9-5-6-10-17)16-12(18)7-8-15-14(2,3)4/h11,15H,5-10H2,1-4H3,(H,16,18). The van der Waals surface area contributed by atoms with Gasteiger partial charge in [0, 0.05) is 31.6 Å². The molecule has 1 rings (SSSR count). The van der Waals surface area contributed by atoms with Gasteiger partial charge in [-0.1, -0.05) is 0 Å². The third kappa shape index (κ3) is 6.05. The molecule has 0 radical (unpaired) electrons. The van der Waals surface area contributed by atoms with Gasteiger partial charge in [-0.25, -0.2) is 0 Å². The summed E-state index contributed by atoms with van der Waals surface area (Å²) in [5.41, 5.74) is 0.0112. The van der Waals surface area contributed by atoms with Crippen LogP contribution < -0.4 is 10.6 Å². The molecule has 1 heterocycles. The second-order valence-corrected chi connectivity index (χ2v) is 6.25. The highest BCUT2D eigenvalue weighted by molar-refractivity contribution is 5.87. The number of nitrogens with one attached hydrogen (secondary N) is 2. The van der Waals surface area contributed by atoms with E-state index in [0.717, 1.165) is 25.9 Å². The van der Waals surface area contributed by atoms with Gasteiger partial charge in [-0.15, -0.1) is 0 Å². The van der Waals surface area contributed by atoms with E-state index in [4.69, 9.17) is 0 Å². The molecule has 1 fully saturated rings. The van der Waals surface area contributed by atoms with Gasteiger partial charge in [0.15, 0.2) is 0 Å². The second kappa shape index (κ2) is 6.89. The van der Waals surface area contributed by atoms with Crippen molar-refractivity contribution < 1.29 is 9.59 Å². The Morgan fingerprint density at radius 3 is 2.32 bits per heavy atom. The van der Waals surface area contributed by atoms with Crippen molar-refractivity contribution in [2.45, 2.75) is 58.5 Å². The number of carbonyl (C=O) groups excluding carboxylic acids is 2. The predicted octanol–water partition coefficient (Wildman–Crippen LogP) is 0.892. The van der Waals surface area contributed by atoms with Gasteiger partial charge in [-0.3, -0.25) is 9.59 Å². The van der Waals surface area contributed by atoms with Crippen molar-refractivity contribution in [1.82, 2.24) is 15.5 Å². The zero-order valence-electron chi connectivity index (χ0n) is 12.6. The molecule has 0 spiro atoms. The van der Waals surface area contributed by atoms with Gasteiger partial charge in [0.2, 0.25) is 11.8 Å². The van der Waals surface area contributed by atoms with Crippen LogP contribution in [0.3, 0.4) is 0 Å². The number of hydrogen-bond acceptors (Lipinski definition) is 3. The van der Waals surface area contributed by atoms with Gasteiger partial charge in [0.05, 0.1) is 0 Å². The molecule has 1 saturated heterocycles. The van der Waals surface area contributed by atoms with Crippen molar-refractivity contribution in [3.05, 3.63) is 0 Å². The number of carbonyl (C=O) groups is 2. The summed E-state index contributed by atoms with van der Waals surface area (Å²) < 4.78 is 0. The lowest BCUT2D eigenvalue weighted by Crippen LogP contribution is -2.47. The Morgan fingerprint density at radius 2 is 1.79 bits per heavy atom. The van der Waals surface area contributed by atoms with E-state index in [1.807, 2.05) is 4.90 Å². The van der Waals surface area contributed by atoms with E-state index in [0.29, 0.717) is 13.0 Å². The molecule has 0 aromatic heterocycles. The Balaban J connectivity index is 2.25. The first-order chi connectivity index (χ1) is 8.79. The molecule has 0 aliphatic carbocycles. The quantitative estimate of drug-likeness (QED) is 0.779. The smallest absolute Gasteiger partial charge is 0.244 e. The van der Waals surface area contributed by atoms with Gasteiger partial charge in [-0.2, -0.15) is 0 Å². The summed E-state index contributed by atoms with van der Waals surface area (Å²) in [6.45, 7) is 10.2. The van der Waals surface area contributed by atoms with Crippen LogP contribution in [0.1, 0.15) is 47.0 Å². The lowest BCUT2D eigenvalue weighted by molar-refractivity contribution is -0.135. The highest BCUT2D eigenvalue weighted by atomic mass is 16.2. The van der Waals surface area contributed by atoms with E-state index in [1.54, 1.807) is 6.92 Å². The fourth-order valence-electron chi connectivity index (χ4n) is 2.14. The molecule has 0 aromatic carbocycles. The van der Waals surface area contributed by atoms with Crippen LogP contribution in [-0.4, -0.2) is 47.9 Å². The van der Waals surface area contributed by atoms with Crippen LogP contribution in [0, 0.1) is 0 Å². The molecule has 5 nitrogen and oxygen atoms in total. The maximum absolute atomic E-state index is 12.0. The molecule has 1 aliphatic rings. The Labute approximate surface area is 116 Å². The Morgan fingerprint density at radius 1 is 1.21 bits per heavy atom. The van der Waals surface area contributed by atoms with E-state index >= 15 is 0 Å². The number of rotatable bonds is 5. The summed E-state index contributed by atoms with van der Waals surface area (Å²) in [7, 11) is 0. The Hall–Kier alpha value is -1.10. The molecule has 0 saturated carbocycles. The SMILES string of the molecule is CC(NC(=O)CCNC(C)(C)C)C(=O)N1CCCC1. The Kier molecular flexibility index (Phi) is 5.79. The summed E-state index contributed by atoms with van der Waals surface area (Å²) in [6, 6.07) is -0.416. The van der Waals surface area contributed by atoms with E-state index in [1.165, 1.54) is 0 Å². The van der Waals surface area contributed by atoms with Crippen LogP contribution in [0.25, 0.3) is 0 Å². The van der Waals surface area contributed by atoms with Crippen molar-refractivity contribution >= 4 is 11.8 Å². The lowest BCUT2D eigenvalue weighted by Gasteiger charge is -2.22. The summed E-state index contributed by atoms with van der Waals surface area (Å²) in [4.78, 5) is 25.6. The largest absolute Gasteiger partial charge is 0.345 e. The number of nitrogens with zero attached hydrogens (tertiary/aromatic N) is 1. The summed E-state index contributed by atoms with van der Waals surface area (Å²) in [5.74, 6) is -0.0357. The van der Waals surface area contributed by atoms with Crippen molar-refractivity contribution in [2.75, 3.05) is 19.6 Å². The minimum atomic E-state index is -0.416. The van der Waals surface area contributed by atoms with Gasteiger partial charge < -0.3 is 15.5 Å². The third-order valence-corrected chi connectivity index (χ3v) is 3.17. The van der Waals surface area contributed by atoms with Crippen LogP contribution in [0.2, 0.25) is 0 Å². The third-order valence-electron chi connectivity index (χ3n) is 3.17. The normalized spacial score (nSPS) is 17.4. The van der Waals surface area contributed by atoms with Gasteiger partial charge in [0.1, 0.15) is 6.04 Å². The zero-order chi connectivity index (χ0) is 14.5. The molecule has 2 amide bonds. The number of likely N-dealkylation sites (tertiary alicyclic amines) is 1. The molecule has 1 aliphatic heterocycles. The monoisotopic (exact) mass is 269 g/mol. The average Bonchev–Trinajstić information content (AvgIpc) is 2.79. The van der Waals surface area contributed by atoms with E-state index < -0.39 is 6.04 Å². The maximum atomic E-state index is 12.0. The van der Waals surface area contributed by atoms with E-state index in [-0.39, 0.29) is 17.4 Å². The molecule has 5 heteroatoms. The topological polar surface area (TPSA) is 61.4 Å². The highest BCUT2D eigenvalue weighted by Crippen LogP contribution is 2.09. The molecule has 110 valence electrons. The molecular weight excluding hydrogens is 242 g/mol. The fourth-order valence-corrected chi connectivity index (χ4v) is 2.14. The van der Waals surface area contributed by atoms with Crippen molar-refractivity contribution in [3.63, 3.8) is 0 Å². The molecule has 1 atom stereocenters. The molecule has 0 bridgehead atoms. The maximum Gasteiger partial charge on any atom is 0.244 e. The minimum absolute atomic E-state index is 0.0112. The van der Waals surface area contributed by atoms with E-state index in [9.17, 15) is 9.59 Å². The molecule has 2 N–H and O–H groups in total. The summed E-state index contributed by atoms with van der Waals surface area (Å²) in [6.07, 6.45) is 2.54. The molecular formula is C14H27N3O2. The van der Waals surface area contributed by atoms with E-state index in [2.05, 4.69) is 31.4 Å². The van der Waals surface area contributed by atoms with Gasteiger partial charge in [0.25, 0.3) is 0 Å². The average molecular weight is 269 g/mol. The molecule has 1 unspecified atom stereocenters.